The Kier molecular flexibility index (Phi) is 5.17. The molecule has 0 saturated heterocycles. The second kappa shape index (κ2) is 7.73. The number of hydrogen-bond acceptors (Lipinski definition) is 2. The van der Waals surface area contributed by atoms with Crippen molar-refractivity contribution in [3.63, 3.8) is 0 Å². The number of hydrogen-bond donors (Lipinski definition) is 1. The van der Waals surface area contributed by atoms with Crippen LogP contribution in [-0.4, -0.2) is 11.6 Å². The predicted molar refractivity (Wildman–Crippen MR) is 114 cm³/mol. The molecule has 0 bridgehead atoms. The van der Waals surface area contributed by atoms with Gasteiger partial charge >= 0.3 is 0 Å². The molecule has 4 rings (SSSR count). The van der Waals surface area contributed by atoms with E-state index in [0.717, 1.165) is 28.9 Å². The van der Waals surface area contributed by atoms with E-state index in [-0.39, 0.29) is 0 Å². The molecule has 1 N–H and O–H groups in total. The van der Waals surface area contributed by atoms with Crippen LogP contribution in [0.15, 0.2) is 71.6 Å². The Labute approximate surface area is 164 Å². The summed E-state index contributed by atoms with van der Waals surface area (Å²) in [6, 6.07) is 23.4. The molecule has 1 unspecified atom stereocenters. The summed E-state index contributed by atoms with van der Waals surface area (Å²) in [6.07, 6.45) is 4.27. The fourth-order valence-corrected chi connectivity index (χ4v) is 4.61. The third-order valence-corrected chi connectivity index (χ3v) is 6.26. The number of fused-ring (bicyclic) bond motifs is 2. The Balaban J connectivity index is 1.96. The van der Waals surface area contributed by atoms with E-state index in [9.17, 15) is 4.55 Å². The van der Waals surface area contributed by atoms with Crippen LogP contribution in [0.5, 0.6) is 0 Å². The highest BCUT2D eigenvalue weighted by Crippen LogP contribution is 2.35. The lowest BCUT2D eigenvalue weighted by Gasteiger charge is -2.15. The molecule has 1 atom stereocenters. The van der Waals surface area contributed by atoms with E-state index in [4.69, 9.17) is 0 Å². The molecule has 27 heavy (non-hydrogen) atoms. The zero-order chi connectivity index (χ0) is 18.8. The minimum Gasteiger partial charge on any atom is -0.593 e. The summed E-state index contributed by atoms with van der Waals surface area (Å²) >= 11 is -1.23. The zero-order valence-corrected chi connectivity index (χ0v) is 16.5. The summed E-state index contributed by atoms with van der Waals surface area (Å²) < 4.78 is 15.4. The Morgan fingerprint density at radius 2 is 1.48 bits per heavy atom. The van der Waals surface area contributed by atoms with Crippen LogP contribution in [0.25, 0.3) is 11.6 Å². The topological polar surface area (TPSA) is 35.1 Å². The first-order valence-corrected chi connectivity index (χ1v) is 10.4. The van der Waals surface area contributed by atoms with Gasteiger partial charge in [-0.1, -0.05) is 54.6 Å². The van der Waals surface area contributed by atoms with Crippen molar-refractivity contribution in [1.82, 2.24) is 4.72 Å². The van der Waals surface area contributed by atoms with E-state index in [2.05, 4.69) is 71.5 Å². The molecule has 3 heteroatoms. The largest absolute Gasteiger partial charge is 0.593 e. The highest BCUT2D eigenvalue weighted by molar-refractivity contribution is 7.89. The Morgan fingerprint density at radius 3 is 2.07 bits per heavy atom. The Bertz CT molecular complexity index is 959. The highest BCUT2D eigenvalue weighted by atomic mass is 32.2. The van der Waals surface area contributed by atoms with Crippen molar-refractivity contribution < 1.29 is 4.55 Å². The SMILES string of the molecule is CN[S+]([O-])c1cc(C)ccc1C=C1c2ccccc2CCc2ccccc21. The third kappa shape index (κ3) is 3.59. The molecule has 2 nitrogen and oxygen atoms in total. The smallest absolute Gasteiger partial charge is 0.181 e. The van der Waals surface area contributed by atoms with Crippen LogP contribution in [-0.2, 0) is 24.2 Å². The van der Waals surface area contributed by atoms with Gasteiger partial charge in [0, 0.05) is 12.6 Å². The maximum absolute atomic E-state index is 12.6. The average Bonchev–Trinajstić information content (AvgIpc) is 2.86. The van der Waals surface area contributed by atoms with E-state index < -0.39 is 11.4 Å². The van der Waals surface area contributed by atoms with Crippen molar-refractivity contribution in [1.29, 1.82) is 0 Å². The van der Waals surface area contributed by atoms with Gasteiger partial charge in [-0.15, -0.1) is 4.72 Å². The van der Waals surface area contributed by atoms with Gasteiger partial charge in [0.25, 0.3) is 0 Å². The molecule has 0 fully saturated rings. The van der Waals surface area contributed by atoms with Crippen LogP contribution in [0.3, 0.4) is 0 Å². The first kappa shape index (κ1) is 18.1. The van der Waals surface area contributed by atoms with Crippen molar-refractivity contribution in [2.75, 3.05) is 7.05 Å². The van der Waals surface area contributed by atoms with E-state index in [1.54, 1.807) is 7.05 Å². The average molecular weight is 374 g/mol. The second-order valence-corrected chi connectivity index (χ2v) is 8.27. The molecule has 3 aromatic carbocycles. The zero-order valence-electron chi connectivity index (χ0n) is 15.7. The molecular weight excluding hydrogens is 350 g/mol. The maximum atomic E-state index is 12.6. The Hall–Kier alpha value is -2.33. The number of nitrogens with one attached hydrogen (secondary N) is 1. The predicted octanol–water partition coefficient (Wildman–Crippen LogP) is 4.92. The van der Waals surface area contributed by atoms with Gasteiger partial charge in [-0.2, -0.15) is 0 Å². The molecule has 0 saturated carbocycles. The monoisotopic (exact) mass is 373 g/mol. The third-order valence-electron chi connectivity index (χ3n) is 5.13. The summed E-state index contributed by atoms with van der Waals surface area (Å²) in [5.41, 5.74) is 8.57. The molecule has 0 aliphatic heterocycles. The molecule has 0 aromatic heterocycles. The normalized spacial score (nSPS) is 14.1. The molecular formula is C24H23NOS. The van der Waals surface area contributed by atoms with Crippen molar-refractivity contribution in [2.45, 2.75) is 24.7 Å². The van der Waals surface area contributed by atoms with Gasteiger partial charge in [-0.3, -0.25) is 0 Å². The fourth-order valence-electron chi connectivity index (χ4n) is 3.76. The van der Waals surface area contributed by atoms with Crippen molar-refractivity contribution in [3.8, 4) is 0 Å². The van der Waals surface area contributed by atoms with Crippen LogP contribution >= 0.6 is 0 Å². The molecule has 1 aliphatic carbocycles. The van der Waals surface area contributed by atoms with E-state index >= 15 is 0 Å². The first-order valence-electron chi connectivity index (χ1n) is 9.25. The fraction of sp³-hybridized carbons (Fsp3) is 0.167. The van der Waals surface area contributed by atoms with Gasteiger partial charge in [0.15, 0.2) is 4.90 Å². The van der Waals surface area contributed by atoms with Gasteiger partial charge in [0.1, 0.15) is 0 Å². The van der Waals surface area contributed by atoms with Gasteiger partial charge < -0.3 is 4.55 Å². The van der Waals surface area contributed by atoms with Crippen LogP contribution in [0.1, 0.15) is 33.4 Å². The summed E-state index contributed by atoms with van der Waals surface area (Å²) in [4.78, 5) is 0.823. The van der Waals surface area contributed by atoms with E-state index in [1.165, 1.54) is 27.8 Å². The van der Waals surface area contributed by atoms with Crippen molar-refractivity contribution >= 4 is 23.0 Å². The van der Waals surface area contributed by atoms with Crippen LogP contribution in [0.2, 0.25) is 0 Å². The quantitative estimate of drug-likeness (QED) is 0.661. The lowest BCUT2D eigenvalue weighted by atomic mass is 9.92. The van der Waals surface area contributed by atoms with Crippen LogP contribution < -0.4 is 4.72 Å². The molecule has 0 spiro atoms. The molecule has 3 aromatic rings. The van der Waals surface area contributed by atoms with Crippen molar-refractivity contribution in [3.05, 3.63) is 100 Å². The van der Waals surface area contributed by atoms with Gasteiger partial charge in [-0.25, -0.2) is 0 Å². The summed E-state index contributed by atoms with van der Waals surface area (Å²) in [5.74, 6) is 0. The Morgan fingerprint density at radius 1 is 0.889 bits per heavy atom. The van der Waals surface area contributed by atoms with Crippen LogP contribution in [0, 0.1) is 6.92 Å². The molecule has 1 aliphatic rings. The summed E-state index contributed by atoms with van der Waals surface area (Å²) in [6.45, 7) is 2.03. The molecule has 0 heterocycles. The van der Waals surface area contributed by atoms with Crippen molar-refractivity contribution in [2.24, 2.45) is 0 Å². The van der Waals surface area contributed by atoms with Crippen LogP contribution in [0.4, 0.5) is 0 Å². The minimum absolute atomic E-state index is 0.823. The molecule has 136 valence electrons. The second-order valence-electron chi connectivity index (χ2n) is 6.89. The maximum Gasteiger partial charge on any atom is 0.181 e. The lowest BCUT2D eigenvalue weighted by molar-refractivity contribution is 0.587. The van der Waals surface area contributed by atoms with Gasteiger partial charge in [0.05, 0.1) is 11.4 Å². The molecule has 0 amide bonds. The van der Waals surface area contributed by atoms with E-state index in [0.29, 0.717) is 0 Å². The summed E-state index contributed by atoms with van der Waals surface area (Å²) in [7, 11) is 1.73. The first-order chi connectivity index (χ1) is 13.2. The highest BCUT2D eigenvalue weighted by Gasteiger charge is 2.20. The number of benzene rings is 3. The number of aryl methyl sites for hydroxylation is 3. The van der Waals surface area contributed by atoms with E-state index in [1.807, 2.05) is 13.0 Å². The van der Waals surface area contributed by atoms with Gasteiger partial charge in [-0.05, 0) is 71.4 Å². The van der Waals surface area contributed by atoms with Gasteiger partial charge in [0.2, 0.25) is 0 Å². The lowest BCUT2D eigenvalue weighted by Crippen LogP contribution is -2.19. The number of rotatable bonds is 3. The summed E-state index contributed by atoms with van der Waals surface area (Å²) in [5, 5.41) is 0. The minimum atomic E-state index is -1.23. The standard InChI is InChI=1S/C24H23NOS/c1-17-11-12-20(24(15-17)27(26)25-2)16-23-21-9-5-3-7-18(21)13-14-19-8-4-6-10-22(19)23/h3-12,15-16,25H,13-14H2,1-2H3. The molecule has 0 radical (unpaired) electrons.